The summed E-state index contributed by atoms with van der Waals surface area (Å²) in [5.74, 6) is 5.62. The van der Waals surface area contributed by atoms with Gasteiger partial charge in [-0.15, -0.1) is 0 Å². The Hall–Kier alpha value is -3.13. The molecule has 1 aliphatic carbocycles. The highest BCUT2D eigenvalue weighted by Crippen LogP contribution is 2.39. The SMILES string of the molecule is CC1=C(C#C/C(C)=C/C=O)C(C)(C)CC(OC(=O)COc2ccccc2)C1=O. The van der Waals surface area contributed by atoms with Crippen LogP contribution in [0.1, 0.15) is 34.1 Å². The highest BCUT2D eigenvalue weighted by atomic mass is 16.6. The molecule has 1 aromatic carbocycles. The number of carbonyl (C=O) groups is 3. The second-order valence-electron chi connectivity index (χ2n) is 7.27. The van der Waals surface area contributed by atoms with Gasteiger partial charge in [0.25, 0.3) is 0 Å². The van der Waals surface area contributed by atoms with E-state index >= 15 is 0 Å². The monoisotopic (exact) mass is 380 g/mol. The standard InChI is InChI=1S/C23H24O5/c1-16(12-13-24)10-11-19-17(2)22(26)20(14-23(19,3)4)28-21(25)15-27-18-8-6-5-7-9-18/h5-9,12-13,20H,14-15H2,1-4H3/b16-12+. The molecule has 0 bridgehead atoms. The summed E-state index contributed by atoms with van der Waals surface area (Å²) in [6, 6.07) is 8.93. The van der Waals surface area contributed by atoms with Crippen LogP contribution < -0.4 is 4.74 Å². The number of benzene rings is 1. The third kappa shape index (κ3) is 5.43. The number of carbonyl (C=O) groups excluding carboxylic acids is 3. The number of aldehydes is 1. The Morgan fingerprint density at radius 1 is 1.29 bits per heavy atom. The lowest BCUT2D eigenvalue weighted by molar-refractivity contribution is -0.157. The van der Waals surface area contributed by atoms with Crippen LogP contribution in [0.5, 0.6) is 5.75 Å². The van der Waals surface area contributed by atoms with Crippen LogP contribution in [0.3, 0.4) is 0 Å². The predicted molar refractivity (Wildman–Crippen MR) is 106 cm³/mol. The van der Waals surface area contributed by atoms with E-state index in [2.05, 4.69) is 11.8 Å². The second-order valence-corrected chi connectivity index (χ2v) is 7.27. The van der Waals surface area contributed by atoms with Gasteiger partial charge in [-0.05, 0) is 32.1 Å². The van der Waals surface area contributed by atoms with Gasteiger partial charge in [0.1, 0.15) is 12.0 Å². The van der Waals surface area contributed by atoms with Crippen LogP contribution in [-0.4, -0.2) is 30.7 Å². The third-order valence-corrected chi connectivity index (χ3v) is 4.49. The predicted octanol–water partition coefficient (Wildman–Crippen LogP) is 3.44. The number of para-hydroxylation sites is 1. The molecule has 0 N–H and O–H groups in total. The molecule has 146 valence electrons. The van der Waals surface area contributed by atoms with Crippen LogP contribution in [-0.2, 0) is 19.1 Å². The van der Waals surface area contributed by atoms with E-state index < -0.39 is 17.5 Å². The average Bonchev–Trinajstić information content (AvgIpc) is 2.65. The van der Waals surface area contributed by atoms with Gasteiger partial charge in [0.2, 0.25) is 0 Å². The summed E-state index contributed by atoms with van der Waals surface area (Å²) in [6.07, 6.45) is 1.52. The van der Waals surface area contributed by atoms with Crippen LogP contribution in [0.4, 0.5) is 0 Å². The molecular weight excluding hydrogens is 356 g/mol. The summed E-state index contributed by atoms with van der Waals surface area (Å²) in [6.45, 7) is 7.05. The largest absolute Gasteiger partial charge is 0.482 e. The number of hydrogen-bond acceptors (Lipinski definition) is 5. The number of ether oxygens (including phenoxy) is 2. The van der Waals surface area contributed by atoms with Crippen molar-refractivity contribution in [1.82, 2.24) is 0 Å². The molecule has 0 saturated carbocycles. The highest BCUT2D eigenvalue weighted by molar-refractivity contribution is 6.02. The average molecular weight is 380 g/mol. The van der Waals surface area contributed by atoms with Gasteiger partial charge in [0.15, 0.2) is 18.5 Å². The summed E-state index contributed by atoms with van der Waals surface area (Å²) in [4.78, 5) is 35.4. The molecular formula is C23H24O5. The molecule has 0 amide bonds. The first-order valence-electron chi connectivity index (χ1n) is 9.01. The molecule has 0 aromatic heterocycles. The van der Waals surface area contributed by atoms with E-state index in [0.717, 1.165) is 0 Å². The van der Waals surface area contributed by atoms with Crippen LogP contribution >= 0.6 is 0 Å². The molecule has 1 aliphatic rings. The Morgan fingerprint density at radius 2 is 1.96 bits per heavy atom. The minimum Gasteiger partial charge on any atom is -0.482 e. The van der Waals surface area contributed by atoms with Crippen molar-refractivity contribution in [2.75, 3.05) is 6.61 Å². The maximum Gasteiger partial charge on any atom is 0.344 e. The summed E-state index contributed by atoms with van der Waals surface area (Å²) >= 11 is 0. The van der Waals surface area contributed by atoms with Crippen molar-refractivity contribution in [3.63, 3.8) is 0 Å². The third-order valence-electron chi connectivity index (χ3n) is 4.49. The van der Waals surface area contributed by atoms with E-state index in [1.54, 1.807) is 38.1 Å². The molecule has 28 heavy (non-hydrogen) atoms. The number of hydrogen-bond donors (Lipinski definition) is 0. The van der Waals surface area contributed by atoms with Gasteiger partial charge in [-0.25, -0.2) is 4.79 Å². The zero-order valence-electron chi connectivity index (χ0n) is 16.6. The van der Waals surface area contributed by atoms with Crippen molar-refractivity contribution in [3.8, 4) is 17.6 Å². The maximum atomic E-state index is 12.7. The fourth-order valence-corrected chi connectivity index (χ4v) is 3.05. The molecule has 1 unspecified atom stereocenters. The smallest absolute Gasteiger partial charge is 0.344 e. The molecule has 2 rings (SSSR count). The number of ketones is 1. The summed E-state index contributed by atoms with van der Waals surface area (Å²) in [5.41, 5.74) is 1.34. The number of rotatable bonds is 5. The second kappa shape index (κ2) is 9.18. The highest BCUT2D eigenvalue weighted by Gasteiger charge is 2.40. The number of esters is 1. The Kier molecular flexibility index (Phi) is 6.94. The van der Waals surface area contributed by atoms with Crippen molar-refractivity contribution in [2.45, 2.75) is 40.2 Å². The summed E-state index contributed by atoms with van der Waals surface area (Å²) in [5, 5.41) is 0. The van der Waals surface area contributed by atoms with Crippen molar-refractivity contribution in [3.05, 3.63) is 53.1 Å². The molecule has 5 heteroatoms. The Balaban J connectivity index is 2.10. The lowest BCUT2D eigenvalue weighted by Crippen LogP contribution is -2.39. The molecule has 1 atom stereocenters. The minimum absolute atomic E-state index is 0.256. The van der Waals surface area contributed by atoms with Crippen molar-refractivity contribution in [1.29, 1.82) is 0 Å². The molecule has 5 nitrogen and oxygen atoms in total. The molecule has 0 radical (unpaired) electrons. The van der Waals surface area contributed by atoms with Crippen LogP contribution in [0, 0.1) is 17.3 Å². The van der Waals surface area contributed by atoms with Gasteiger partial charge in [-0.2, -0.15) is 0 Å². The first-order valence-corrected chi connectivity index (χ1v) is 9.01. The zero-order valence-corrected chi connectivity index (χ0v) is 16.6. The molecule has 0 heterocycles. The van der Waals surface area contributed by atoms with Gasteiger partial charge >= 0.3 is 5.97 Å². The molecule has 0 aliphatic heterocycles. The van der Waals surface area contributed by atoms with Crippen LogP contribution in [0.15, 0.2) is 53.1 Å². The van der Waals surface area contributed by atoms with E-state index in [4.69, 9.17) is 9.47 Å². The molecule has 1 aromatic rings. The fourth-order valence-electron chi connectivity index (χ4n) is 3.05. The lowest BCUT2D eigenvalue weighted by atomic mass is 9.71. The Bertz CT molecular complexity index is 879. The van der Waals surface area contributed by atoms with E-state index in [1.807, 2.05) is 19.9 Å². The molecule has 0 spiro atoms. The van der Waals surface area contributed by atoms with Crippen molar-refractivity contribution in [2.24, 2.45) is 5.41 Å². The van der Waals surface area contributed by atoms with E-state index in [9.17, 15) is 14.4 Å². The van der Waals surface area contributed by atoms with Crippen LogP contribution in [0.2, 0.25) is 0 Å². The van der Waals surface area contributed by atoms with Gasteiger partial charge in [-0.3, -0.25) is 9.59 Å². The van der Waals surface area contributed by atoms with Crippen LogP contribution in [0.25, 0.3) is 0 Å². The summed E-state index contributed by atoms with van der Waals surface area (Å²) in [7, 11) is 0. The number of Topliss-reactive ketones (excluding diaryl/α,β-unsaturated/α-hetero) is 1. The first kappa shape index (κ1) is 21.2. The Labute approximate surface area is 165 Å². The normalized spacial score (nSPS) is 18.8. The fraction of sp³-hybridized carbons (Fsp3) is 0.348. The Morgan fingerprint density at radius 3 is 2.61 bits per heavy atom. The zero-order chi connectivity index (χ0) is 20.7. The number of allylic oxidation sites excluding steroid dienone is 3. The summed E-state index contributed by atoms with van der Waals surface area (Å²) < 4.78 is 10.8. The molecule has 0 fully saturated rings. The minimum atomic E-state index is -0.862. The van der Waals surface area contributed by atoms with E-state index in [-0.39, 0.29) is 12.4 Å². The van der Waals surface area contributed by atoms with Crippen molar-refractivity contribution >= 4 is 18.0 Å². The molecule has 0 saturated heterocycles. The van der Waals surface area contributed by atoms with Gasteiger partial charge in [0.05, 0.1) is 0 Å². The van der Waals surface area contributed by atoms with Crippen molar-refractivity contribution < 1.29 is 23.9 Å². The lowest BCUT2D eigenvalue weighted by Gasteiger charge is -2.35. The van der Waals surface area contributed by atoms with E-state index in [1.165, 1.54) is 6.08 Å². The van der Waals surface area contributed by atoms with Gasteiger partial charge < -0.3 is 9.47 Å². The van der Waals surface area contributed by atoms with Gasteiger partial charge in [-0.1, -0.05) is 43.9 Å². The maximum absolute atomic E-state index is 12.7. The first-order chi connectivity index (χ1) is 13.2. The van der Waals surface area contributed by atoms with Gasteiger partial charge in [0, 0.05) is 28.6 Å². The topological polar surface area (TPSA) is 69.7 Å². The van der Waals surface area contributed by atoms with E-state index in [0.29, 0.717) is 35.2 Å². The quantitative estimate of drug-likeness (QED) is 0.339.